The monoisotopic (exact) mass is 410 g/mol. The van der Waals surface area contributed by atoms with Gasteiger partial charge in [-0.2, -0.15) is 0 Å². The van der Waals surface area contributed by atoms with E-state index in [0.29, 0.717) is 23.9 Å². The second kappa shape index (κ2) is 8.03. The molecule has 1 N–H and O–H groups in total. The van der Waals surface area contributed by atoms with Crippen LogP contribution >= 0.6 is 23.6 Å². The van der Waals surface area contributed by atoms with Crippen LogP contribution in [0.3, 0.4) is 0 Å². The molecule has 27 heavy (non-hydrogen) atoms. The highest BCUT2D eigenvalue weighted by Crippen LogP contribution is 2.38. The van der Waals surface area contributed by atoms with E-state index in [1.54, 1.807) is 11.3 Å². The number of nitrogens with one attached hydrogen (secondary N) is 1. The number of anilines is 1. The summed E-state index contributed by atoms with van der Waals surface area (Å²) < 4.78 is 16.6. The van der Waals surface area contributed by atoms with Crippen LogP contribution in [0.2, 0.25) is 0 Å². The number of rotatable bonds is 2. The number of esters is 1. The van der Waals surface area contributed by atoms with Gasteiger partial charge in [0.05, 0.1) is 25.9 Å². The maximum Gasteiger partial charge on any atom is 0.341 e. The molecule has 3 heterocycles. The summed E-state index contributed by atoms with van der Waals surface area (Å²) in [5, 5.41) is 4.83. The number of thiophene rings is 1. The average Bonchev–Trinajstić information content (AvgIpc) is 3.19. The molecule has 0 unspecified atom stereocenters. The molecule has 2 aliphatic heterocycles. The maximum absolute atomic E-state index is 12.5. The Bertz CT molecular complexity index is 718. The van der Waals surface area contributed by atoms with Crippen molar-refractivity contribution in [1.29, 1.82) is 0 Å². The van der Waals surface area contributed by atoms with E-state index in [0.717, 1.165) is 55.8 Å². The van der Waals surface area contributed by atoms with Crippen LogP contribution in [-0.2, 0) is 27.1 Å². The van der Waals surface area contributed by atoms with Gasteiger partial charge in [-0.3, -0.25) is 0 Å². The Morgan fingerprint density at radius 3 is 2.59 bits per heavy atom. The molecular weight excluding hydrogens is 384 g/mol. The lowest BCUT2D eigenvalue weighted by Gasteiger charge is -2.38. The summed E-state index contributed by atoms with van der Waals surface area (Å²) in [5.41, 5.74) is 1.83. The van der Waals surface area contributed by atoms with Gasteiger partial charge in [0, 0.05) is 30.8 Å². The molecule has 1 aromatic heterocycles. The van der Waals surface area contributed by atoms with Crippen molar-refractivity contribution in [3.63, 3.8) is 0 Å². The van der Waals surface area contributed by atoms with E-state index in [1.807, 2.05) is 0 Å². The standard InChI is InChI=1S/C19H26N2O4S2/c1-23-17(22)15-13-5-3-2-4-6-14(13)27-16(15)20-18(26)21-9-7-19(8-10-21)24-11-12-25-19/h2-12H2,1H3,(H,20,26). The molecule has 0 saturated carbocycles. The molecule has 0 bridgehead atoms. The smallest absolute Gasteiger partial charge is 0.341 e. The van der Waals surface area contributed by atoms with Gasteiger partial charge in [0.2, 0.25) is 0 Å². The fourth-order valence-corrected chi connectivity index (χ4v) is 5.79. The third-order valence-electron chi connectivity index (χ3n) is 5.66. The minimum Gasteiger partial charge on any atom is -0.465 e. The van der Waals surface area contributed by atoms with Crippen LogP contribution in [-0.4, -0.2) is 55.2 Å². The predicted molar refractivity (Wildman–Crippen MR) is 109 cm³/mol. The fourth-order valence-electron chi connectivity index (χ4n) is 4.16. The molecule has 0 radical (unpaired) electrons. The van der Waals surface area contributed by atoms with Gasteiger partial charge < -0.3 is 24.4 Å². The zero-order valence-electron chi connectivity index (χ0n) is 15.7. The Labute approximate surface area is 169 Å². The number of fused-ring (bicyclic) bond motifs is 1. The Kier molecular flexibility index (Phi) is 5.68. The lowest BCUT2D eigenvalue weighted by Crippen LogP contribution is -2.48. The molecule has 8 heteroatoms. The zero-order chi connectivity index (χ0) is 18.9. The third-order valence-corrected chi connectivity index (χ3v) is 7.22. The van der Waals surface area contributed by atoms with Gasteiger partial charge in [0.25, 0.3) is 0 Å². The number of piperidine rings is 1. The van der Waals surface area contributed by atoms with E-state index >= 15 is 0 Å². The van der Waals surface area contributed by atoms with E-state index in [4.69, 9.17) is 26.4 Å². The highest BCUT2D eigenvalue weighted by molar-refractivity contribution is 7.80. The van der Waals surface area contributed by atoms with Crippen molar-refractivity contribution in [3.05, 3.63) is 16.0 Å². The molecule has 0 atom stereocenters. The van der Waals surface area contributed by atoms with Crippen LogP contribution in [0, 0.1) is 0 Å². The number of nitrogens with zero attached hydrogens (tertiary/aromatic N) is 1. The van der Waals surface area contributed by atoms with Crippen LogP contribution in [0.1, 0.15) is 52.9 Å². The van der Waals surface area contributed by atoms with E-state index in [-0.39, 0.29) is 5.97 Å². The van der Waals surface area contributed by atoms with Crippen LogP contribution in [0.5, 0.6) is 0 Å². The molecule has 2 fully saturated rings. The molecule has 148 valence electrons. The van der Waals surface area contributed by atoms with E-state index in [2.05, 4.69) is 10.2 Å². The lowest BCUT2D eigenvalue weighted by molar-refractivity contribution is -0.180. The highest BCUT2D eigenvalue weighted by atomic mass is 32.1. The minimum absolute atomic E-state index is 0.273. The first kappa shape index (κ1) is 19.1. The van der Waals surface area contributed by atoms with Gasteiger partial charge in [0.1, 0.15) is 5.00 Å². The highest BCUT2D eigenvalue weighted by Gasteiger charge is 2.40. The summed E-state index contributed by atoms with van der Waals surface area (Å²) in [6, 6.07) is 0. The maximum atomic E-state index is 12.5. The van der Waals surface area contributed by atoms with Gasteiger partial charge in [-0.25, -0.2) is 4.79 Å². The summed E-state index contributed by atoms with van der Waals surface area (Å²) >= 11 is 7.31. The summed E-state index contributed by atoms with van der Waals surface area (Å²) in [7, 11) is 1.44. The number of methoxy groups -OCH3 is 1. The molecular formula is C19H26N2O4S2. The minimum atomic E-state index is -0.413. The third kappa shape index (κ3) is 3.85. The van der Waals surface area contributed by atoms with Gasteiger partial charge >= 0.3 is 5.97 Å². The van der Waals surface area contributed by atoms with Gasteiger partial charge in [-0.1, -0.05) is 6.42 Å². The van der Waals surface area contributed by atoms with Crippen LogP contribution < -0.4 is 5.32 Å². The number of hydrogen-bond acceptors (Lipinski definition) is 6. The van der Waals surface area contributed by atoms with Gasteiger partial charge in [-0.05, 0) is 43.5 Å². The Balaban J connectivity index is 1.48. The first-order valence-corrected chi connectivity index (χ1v) is 10.9. The molecule has 1 spiro atoms. The number of carbonyl (C=O) groups excluding carboxylic acids is 1. The first-order valence-electron chi connectivity index (χ1n) is 9.68. The molecule has 1 aromatic rings. The predicted octanol–water partition coefficient (Wildman–Crippen LogP) is 3.34. The summed E-state index contributed by atoms with van der Waals surface area (Å²) in [5.74, 6) is -0.686. The molecule has 0 aromatic carbocycles. The topological polar surface area (TPSA) is 60.0 Å². The molecule has 2 saturated heterocycles. The van der Waals surface area contributed by atoms with Crippen molar-refractivity contribution in [2.24, 2.45) is 0 Å². The summed E-state index contributed by atoms with van der Waals surface area (Å²) in [6.07, 6.45) is 7.07. The summed E-state index contributed by atoms with van der Waals surface area (Å²) in [6.45, 7) is 2.91. The normalized spacial score (nSPS) is 21.6. The van der Waals surface area contributed by atoms with Crippen molar-refractivity contribution >= 4 is 39.6 Å². The SMILES string of the molecule is COC(=O)c1c(NC(=S)N2CCC3(CC2)OCCO3)sc2c1CCCCC2. The van der Waals surface area contributed by atoms with E-state index in [9.17, 15) is 4.79 Å². The van der Waals surface area contributed by atoms with E-state index < -0.39 is 5.79 Å². The van der Waals surface area contributed by atoms with Gasteiger partial charge in [-0.15, -0.1) is 11.3 Å². The molecule has 1 aliphatic carbocycles. The van der Waals surface area contributed by atoms with Crippen LogP contribution in [0.15, 0.2) is 0 Å². The van der Waals surface area contributed by atoms with Gasteiger partial charge in [0.15, 0.2) is 10.9 Å². The van der Waals surface area contributed by atoms with Crippen LogP contribution in [0.25, 0.3) is 0 Å². The Morgan fingerprint density at radius 2 is 1.89 bits per heavy atom. The molecule has 3 aliphatic rings. The van der Waals surface area contributed by atoms with Crippen molar-refractivity contribution in [1.82, 2.24) is 4.90 Å². The largest absolute Gasteiger partial charge is 0.465 e. The number of hydrogen-bond donors (Lipinski definition) is 1. The fraction of sp³-hybridized carbons (Fsp3) is 0.684. The number of thiocarbonyl (C=S) groups is 1. The summed E-state index contributed by atoms with van der Waals surface area (Å²) in [4.78, 5) is 15.9. The van der Waals surface area contributed by atoms with Crippen LogP contribution in [0.4, 0.5) is 5.00 Å². The zero-order valence-corrected chi connectivity index (χ0v) is 17.3. The van der Waals surface area contributed by atoms with Crippen molar-refractivity contribution in [2.75, 3.05) is 38.7 Å². The number of aryl methyl sites for hydroxylation is 1. The average molecular weight is 411 g/mol. The Morgan fingerprint density at radius 1 is 1.19 bits per heavy atom. The second-order valence-corrected chi connectivity index (χ2v) is 8.78. The molecule has 4 rings (SSSR count). The molecule has 0 amide bonds. The lowest BCUT2D eigenvalue weighted by atomic mass is 10.0. The second-order valence-electron chi connectivity index (χ2n) is 7.28. The first-order chi connectivity index (χ1) is 13.1. The van der Waals surface area contributed by atoms with Crippen molar-refractivity contribution in [3.8, 4) is 0 Å². The number of carbonyl (C=O) groups is 1. The number of ether oxygens (including phenoxy) is 3. The number of likely N-dealkylation sites (tertiary alicyclic amines) is 1. The van der Waals surface area contributed by atoms with E-state index in [1.165, 1.54) is 24.8 Å². The Hall–Kier alpha value is -1.22. The molecule has 6 nitrogen and oxygen atoms in total. The van der Waals surface area contributed by atoms with Crippen molar-refractivity contribution < 1.29 is 19.0 Å². The van der Waals surface area contributed by atoms with Crippen molar-refractivity contribution in [2.45, 2.75) is 50.7 Å². The quantitative estimate of drug-likeness (QED) is 0.456.